The first-order valence-corrected chi connectivity index (χ1v) is 6.29. The monoisotopic (exact) mass is 306 g/mol. The fraction of sp³-hybridized carbons (Fsp3) is 0.167. The van der Waals surface area contributed by atoms with Gasteiger partial charge in [-0.25, -0.2) is 0 Å². The fourth-order valence-electron chi connectivity index (χ4n) is 2.08. The molecule has 0 bridgehead atoms. The van der Waals surface area contributed by atoms with Crippen LogP contribution in [-0.2, 0) is 11.8 Å². The van der Waals surface area contributed by atoms with E-state index in [0.717, 1.165) is 21.4 Å². The molecular weight excluding hydrogens is 296 g/mol. The Balaban J connectivity index is 1.96. The molecule has 1 aromatic heterocycles. The van der Waals surface area contributed by atoms with Crippen molar-refractivity contribution < 1.29 is 4.79 Å². The summed E-state index contributed by atoms with van der Waals surface area (Å²) in [5, 5.41) is 10.1. The molecule has 92 valence electrons. The Kier molecular flexibility index (Phi) is 2.59. The summed E-state index contributed by atoms with van der Waals surface area (Å²) in [6.07, 6.45) is 3.53. The number of nitrogens with zero attached hydrogens (tertiary/aromatic N) is 2. The summed E-state index contributed by atoms with van der Waals surface area (Å²) in [4.78, 5) is 12.0. The normalized spacial score (nSPS) is 17.4. The summed E-state index contributed by atoms with van der Waals surface area (Å²) in [5.74, 6) is -0.0549. The molecule has 1 unspecified atom stereocenters. The minimum absolute atomic E-state index is 0.0549. The molecule has 0 saturated heterocycles. The third-order valence-electron chi connectivity index (χ3n) is 2.88. The van der Waals surface area contributed by atoms with Gasteiger partial charge in [0.25, 0.3) is 5.91 Å². The van der Waals surface area contributed by atoms with E-state index < -0.39 is 0 Å². The standard InChI is InChI=1S/C12H11BrN4O/c1-17-6-7(5-14-17)15-11-10-8(13)3-2-4-9(10)16-12(11)18/h2-6,11,15H,1H3,(H,16,18). The summed E-state index contributed by atoms with van der Waals surface area (Å²) >= 11 is 3.48. The van der Waals surface area contributed by atoms with Gasteiger partial charge in [0.15, 0.2) is 0 Å². The predicted octanol–water partition coefficient (Wildman–Crippen LogP) is 2.29. The molecule has 0 spiro atoms. The summed E-state index contributed by atoms with van der Waals surface area (Å²) in [7, 11) is 1.84. The van der Waals surface area contributed by atoms with Gasteiger partial charge in [0.1, 0.15) is 6.04 Å². The first-order chi connectivity index (χ1) is 8.65. The van der Waals surface area contributed by atoms with E-state index in [1.807, 2.05) is 31.4 Å². The molecule has 2 aromatic rings. The lowest BCUT2D eigenvalue weighted by molar-refractivity contribution is -0.116. The van der Waals surface area contributed by atoms with Crippen LogP contribution in [0, 0.1) is 0 Å². The van der Waals surface area contributed by atoms with Crippen molar-refractivity contribution in [2.45, 2.75) is 6.04 Å². The summed E-state index contributed by atoms with van der Waals surface area (Å²) in [5.41, 5.74) is 2.60. The van der Waals surface area contributed by atoms with E-state index in [-0.39, 0.29) is 11.9 Å². The van der Waals surface area contributed by atoms with Gasteiger partial charge in [-0.1, -0.05) is 22.0 Å². The molecule has 0 fully saturated rings. The molecule has 0 saturated carbocycles. The molecular formula is C12H11BrN4O. The van der Waals surface area contributed by atoms with Crippen LogP contribution in [0.5, 0.6) is 0 Å². The van der Waals surface area contributed by atoms with Gasteiger partial charge in [-0.2, -0.15) is 5.10 Å². The molecule has 1 aromatic carbocycles. The van der Waals surface area contributed by atoms with Gasteiger partial charge in [-0.15, -0.1) is 0 Å². The second kappa shape index (κ2) is 4.13. The highest BCUT2D eigenvalue weighted by Crippen LogP contribution is 2.38. The van der Waals surface area contributed by atoms with Crippen LogP contribution in [-0.4, -0.2) is 15.7 Å². The maximum atomic E-state index is 12.0. The van der Waals surface area contributed by atoms with Crippen molar-refractivity contribution in [3.05, 3.63) is 40.6 Å². The molecule has 5 nitrogen and oxygen atoms in total. The van der Waals surface area contributed by atoms with Crippen molar-refractivity contribution in [3.8, 4) is 0 Å². The van der Waals surface area contributed by atoms with E-state index in [2.05, 4.69) is 31.7 Å². The third-order valence-corrected chi connectivity index (χ3v) is 3.57. The second-order valence-corrected chi connectivity index (χ2v) is 5.02. The molecule has 0 radical (unpaired) electrons. The van der Waals surface area contributed by atoms with Gasteiger partial charge in [0.2, 0.25) is 0 Å². The number of halogens is 1. The topological polar surface area (TPSA) is 59.0 Å². The van der Waals surface area contributed by atoms with Crippen LogP contribution in [0.15, 0.2) is 35.1 Å². The third kappa shape index (κ3) is 1.78. The number of aromatic nitrogens is 2. The van der Waals surface area contributed by atoms with Gasteiger partial charge >= 0.3 is 0 Å². The lowest BCUT2D eigenvalue weighted by Crippen LogP contribution is -2.19. The highest BCUT2D eigenvalue weighted by atomic mass is 79.9. The number of hydrogen-bond acceptors (Lipinski definition) is 3. The predicted molar refractivity (Wildman–Crippen MR) is 72.3 cm³/mol. The number of aryl methyl sites for hydroxylation is 1. The van der Waals surface area contributed by atoms with Gasteiger partial charge in [0.05, 0.1) is 11.9 Å². The number of fused-ring (bicyclic) bond motifs is 1. The van der Waals surface area contributed by atoms with E-state index in [0.29, 0.717) is 0 Å². The Labute approximate surface area is 112 Å². The SMILES string of the molecule is Cn1cc(NC2C(=O)Nc3cccc(Br)c32)cn1. The first kappa shape index (κ1) is 11.3. The number of carbonyl (C=O) groups excluding carboxylic acids is 1. The largest absolute Gasteiger partial charge is 0.367 e. The second-order valence-electron chi connectivity index (χ2n) is 4.17. The van der Waals surface area contributed by atoms with Crippen LogP contribution in [0.25, 0.3) is 0 Å². The molecule has 2 heterocycles. The molecule has 1 atom stereocenters. The van der Waals surface area contributed by atoms with E-state index in [1.54, 1.807) is 10.9 Å². The number of benzene rings is 1. The lowest BCUT2D eigenvalue weighted by Gasteiger charge is -2.12. The summed E-state index contributed by atoms with van der Waals surface area (Å²) in [6, 6.07) is 5.33. The van der Waals surface area contributed by atoms with Crippen LogP contribution in [0.4, 0.5) is 11.4 Å². The van der Waals surface area contributed by atoms with Crippen molar-refractivity contribution in [2.75, 3.05) is 10.6 Å². The maximum absolute atomic E-state index is 12.0. The molecule has 18 heavy (non-hydrogen) atoms. The van der Waals surface area contributed by atoms with Crippen molar-refractivity contribution in [2.24, 2.45) is 7.05 Å². The highest BCUT2D eigenvalue weighted by Gasteiger charge is 2.32. The van der Waals surface area contributed by atoms with Crippen LogP contribution < -0.4 is 10.6 Å². The highest BCUT2D eigenvalue weighted by molar-refractivity contribution is 9.10. The van der Waals surface area contributed by atoms with Gasteiger partial charge in [0, 0.05) is 29.0 Å². The van der Waals surface area contributed by atoms with Crippen LogP contribution >= 0.6 is 15.9 Å². The van der Waals surface area contributed by atoms with E-state index in [1.165, 1.54) is 0 Å². The quantitative estimate of drug-likeness (QED) is 0.895. The smallest absolute Gasteiger partial charge is 0.251 e. The average molecular weight is 307 g/mol. The molecule has 1 amide bonds. The Hall–Kier alpha value is -1.82. The minimum atomic E-state index is -0.389. The Morgan fingerprint density at radius 3 is 3.06 bits per heavy atom. The fourth-order valence-corrected chi connectivity index (χ4v) is 2.67. The van der Waals surface area contributed by atoms with Crippen molar-refractivity contribution >= 4 is 33.2 Å². The molecule has 3 rings (SSSR count). The van der Waals surface area contributed by atoms with E-state index >= 15 is 0 Å². The first-order valence-electron chi connectivity index (χ1n) is 5.49. The van der Waals surface area contributed by atoms with Gasteiger partial charge in [-0.05, 0) is 12.1 Å². The van der Waals surface area contributed by atoms with E-state index in [4.69, 9.17) is 0 Å². The number of anilines is 2. The average Bonchev–Trinajstić information content (AvgIpc) is 2.85. The van der Waals surface area contributed by atoms with Crippen LogP contribution in [0.1, 0.15) is 11.6 Å². The number of amides is 1. The number of carbonyl (C=O) groups is 1. The molecule has 2 N–H and O–H groups in total. The number of hydrogen-bond donors (Lipinski definition) is 2. The molecule has 6 heteroatoms. The number of rotatable bonds is 2. The zero-order valence-electron chi connectivity index (χ0n) is 9.64. The van der Waals surface area contributed by atoms with Gasteiger partial charge in [-0.3, -0.25) is 9.48 Å². The van der Waals surface area contributed by atoms with E-state index in [9.17, 15) is 4.79 Å². The zero-order valence-corrected chi connectivity index (χ0v) is 11.2. The van der Waals surface area contributed by atoms with Crippen LogP contribution in [0.2, 0.25) is 0 Å². The molecule has 1 aliphatic rings. The van der Waals surface area contributed by atoms with Crippen LogP contribution in [0.3, 0.4) is 0 Å². The zero-order chi connectivity index (χ0) is 12.7. The lowest BCUT2D eigenvalue weighted by atomic mass is 10.1. The summed E-state index contributed by atoms with van der Waals surface area (Å²) in [6.45, 7) is 0. The minimum Gasteiger partial charge on any atom is -0.367 e. The Morgan fingerprint density at radius 1 is 1.50 bits per heavy atom. The van der Waals surface area contributed by atoms with Crippen molar-refractivity contribution in [3.63, 3.8) is 0 Å². The number of nitrogens with one attached hydrogen (secondary N) is 2. The van der Waals surface area contributed by atoms with Crippen molar-refractivity contribution in [1.29, 1.82) is 0 Å². The molecule has 0 aliphatic carbocycles. The maximum Gasteiger partial charge on any atom is 0.251 e. The Morgan fingerprint density at radius 2 is 2.33 bits per heavy atom. The van der Waals surface area contributed by atoms with Crippen molar-refractivity contribution in [1.82, 2.24) is 9.78 Å². The van der Waals surface area contributed by atoms with Gasteiger partial charge < -0.3 is 10.6 Å². The summed E-state index contributed by atoms with van der Waals surface area (Å²) < 4.78 is 2.61. The Bertz CT molecular complexity index is 622. The molecule has 1 aliphatic heterocycles.